The predicted molar refractivity (Wildman–Crippen MR) is 98.9 cm³/mol. The number of fused-ring (bicyclic) bond motifs is 1. The van der Waals surface area contributed by atoms with E-state index in [1.165, 1.54) is 23.9 Å². The lowest BCUT2D eigenvalue weighted by Gasteiger charge is -2.29. The van der Waals surface area contributed by atoms with Crippen LogP contribution in [-0.4, -0.2) is 47.7 Å². The van der Waals surface area contributed by atoms with E-state index in [-0.39, 0.29) is 16.4 Å². The fourth-order valence-electron chi connectivity index (χ4n) is 3.55. The fourth-order valence-corrected chi connectivity index (χ4v) is 3.78. The van der Waals surface area contributed by atoms with Gasteiger partial charge in [-0.2, -0.15) is 0 Å². The normalized spacial score (nSPS) is 28.7. The maximum atomic E-state index is 13.7. The first-order valence-electron chi connectivity index (χ1n) is 8.47. The standard InChI is InChI=1S/C18H18ClFN4O4/c1-18(27)13(26)17(24-3-2-11-15(21)22-7-23-16(11)24)28-14(18)12(25)8-4-9(19)6-10(20)5-8/h2-7,12-14,17,25-27H,1H3,(H2,21,22,23)/t12-,13-,14+,17+,18-/m0/s1. The van der Waals surface area contributed by atoms with E-state index in [1.54, 1.807) is 12.3 Å². The highest BCUT2D eigenvalue weighted by molar-refractivity contribution is 6.30. The molecule has 8 nitrogen and oxygen atoms in total. The lowest BCUT2D eigenvalue weighted by molar-refractivity contribution is -0.115. The van der Waals surface area contributed by atoms with Crippen LogP contribution in [0, 0.1) is 5.82 Å². The van der Waals surface area contributed by atoms with Crippen molar-refractivity contribution in [2.45, 2.75) is 37.1 Å². The minimum Gasteiger partial charge on any atom is -0.386 e. The first kappa shape index (κ1) is 19.0. The smallest absolute Gasteiger partial charge is 0.164 e. The van der Waals surface area contributed by atoms with Gasteiger partial charge in [-0.05, 0) is 36.8 Å². The Balaban J connectivity index is 1.72. The summed E-state index contributed by atoms with van der Waals surface area (Å²) < 4.78 is 21.0. The van der Waals surface area contributed by atoms with E-state index < -0.39 is 36.0 Å². The highest BCUT2D eigenvalue weighted by atomic mass is 35.5. The monoisotopic (exact) mass is 408 g/mol. The fraction of sp³-hybridized carbons (Fsp3) is 0.333. The van der Waals surface area contributed by atoms with E-state index in [9.17, 15) is 19.7 Å². The maximum Gasteiger partial charge on any atom is 0.164 e. The number of ether oxygens (including phenoxy) is 1. The molecule has 4 rings (SSSR count). The van der Waals surface area contributed by atoms with Crippen LogP contribution in [0.5, 0.6) is 0 Å². The number of anilines is 1. The number of benzene rings is 1. The Labute approximate surface area is 164 Å². The van der Waals surface area contributed by atoms with Gasteiger partial charge in [-0.25, -0.2) is 14.4 Å². The molecule has 0 radical (unpaired) electrons. The minimum atomic E-state index is -1.85. The van der Waals surface area contributed by atoms with Gasteiger partial charge < -0.3 is 30.4 Å². The Kier molecular flexibility index (Phi) is 4.52. The Bertz CT molecular complexity index is 1020. The van der Waals surface area contributed by atoms with Crippen molar-refractivity contribution < 1.29 is 24.4 Å². The molecule has 1 fully saturated rings. The molecule has 1 aromatic carbocycles. The summed E-state index contributed by atoms with van der Waals surface area (Å²) in [5.41, 5.74) is 4.50. The number of nitrogens with two attached hydrogens (primary N) is 1. The summed E-state index contributed by atoms with van der Waals surface area (Å²) in [6, 6.07) is 5.22. The molecule has 0 unspecified atom stereocenters. The zero-order valence-corrected chi connectivity index (χ0v) is 15.5. The molecule has 28 heavy (non-hydrogen) atoms. The molecule has 5 atom stereocenters. The second kappa shape index (κ2) is 6.64. The van der Waals surface area contributed by atoms with Gasteiger partial charge in [0.25, 0.3) is 0 Å². The number of nitrogens with zero attached hydrogens (tertiary/aromatic N) is 3. The van der Waals surface area contributed by atoms with Crippen molar-refractivity contribution in [2.75, 3.05) is 5.73 Å². The Morgan fingerprint density at radius 1 is 1.36 bits per heavy atom. The molecule has 10 heteroatoms. The summed E-state index contributed by atoms with van der Waals surface area (Å²) >= 11 is 5.86. The van der Waals surface area contributed by atoms with Crippen LogP contribution in [0.15, 0.2) is 36.8 Å². The molecule has 0 amide bonds. The van der Waals surface area contributed by atoms with Gasteiger partial charge in [-0.15, -0.1) is 0 Å². The SMILES string of the molecule is C[C@@]1(O)[C@@H]([C@@H](O)c2cc(F)cc(Cl)c2)O[C@@H](n2ccc3c(N)ncnc32)[C@@H]1O. The van der Waals surface area contributed by atoms with Crippen LogP contribution in [0.4, 0.5) is 10.2 Å². The number of nitrogen functional groups attached to an aromatic ring is 1. The average Bonchev–Trinajstić information content (AvgIpc) is 3.14. The van der Waals surface area contributed by atoms with E-state index in [0.717, 1.165) is 12.1 Å². The van der Waals surface area contributed by atoms with Crippen molar-refractivity contribution in [1.29, 1.82) is 0 Å². The highest BCUT2D eigenvalue weighted by Gasteiger charge is 2.55. The van der Waals surface area contributed by atoms with E-state index in [0.29, 0.717) is 11.0 Å². The minimum absolute atomic E-state index is 0.0902. The molecule has 1 aliphatic rings. The van der Waals surface area contributed by atoms with Crippen molar-refractivity contribution in [2.24, 2.45) is 0 Å². The molecule has 1 saturated heterocycles. The van der Waals surface area contributed by atoms with E-state index >= 15 is 0 Å². The molecule has 1 aliphatic heterocycles. The molecule has 0 bridgehead atoms. The first-order chi connectivity index (χ1) is 13.2. The number of hydrogen-bond donors (Lipinski definition) is 4. The lowest BCUT2D eigenvalue weighted by Crippen LogP contribution is -2.47. The van der Waals surface area contributed by atoms with Crippen molar-refractivity contribution in [3.8, 4) is 0 Å². The van der Waals surface area contributed by atoms with Gasteiger partial charge in [0, 0.05) is 11.2 Å². The van der Waals surface area contributed by atoms with Crippen LogP contribution in [0.2, 0.25) is 5.02 Å². The van der Waals surface area contributed by atoms with Crippen LogP contribution in [0.3, 0.4) is 0 Å². The number of aromatic nitrogens is 3. The molecule has 2 aromatic heterocycles. The summed E-state index contributed by atoms with van der Waals surface area (Å²) in [6.45, 7) is 1.33. The van der Waals surface area contributed by atoms with Gasteiger partial charge in [0.15, 0.2) is 6.23 Å². The lowest BCUT2D eigenvalue weighted by atomic mass is 9.88. The quantitative estimate of drug-likeness (QED) is 0.517. The second-order valence-corrected chi connectivity index (χ2v) is 7.42. The summed E-state index contributed by atoms with van der Waals surface area (Å²) in [7, 11) is 0. The number of aliphatic hydroxyl groups excluding tert-OH is 2. The summed E-state index contributed by atoms with van der Waals surface area (Å²) in [6.07, 6.45) is -2.32. The maximum absolute atomic E-state index is 13.7. The van der Waals surface area contributed by atoms with Crippen LogP contribution in [-0.2, 0) is 4.74 Å². The third-order valence-corrected chi connectivity index (χ3v) is 5.28. The molecule has 5 N–H and O–H groups in total. The molecule has 148 valence electrons. The summed E-state index contributed by atoms with van der Waals surface area (Å²) in [5.74, 6) is -0.381. The molecule has 3 aromatic rings. The van der Waals surface area contributed by atoms with Crippen molar-refractivity contribution in [3.05, 3.63) is 53.2 Å². The van der Waals surface area contributed by atoms with Crippen molar-refractivity contribution >= 4 is 28.5 Å². The zero-order chi connectivity index (χ0) is 20.2. The Morgan fingerprint density at radius 3 is 2.82 bits per heavy atom. The number of hydrogen-bond acceptors (Lipinski definition) is 7. The van der Waals surface area contributed by atoms with Gasteiger partial charge in [0.05, 0.1) is 5.39 Å². The average molecular weight is 409 g/mol. The third kappa shape index (κ3) is 2.92. The van der Waals surface area contributed by atoms with E-state index in [1.807, 2.05) is 0 Å². The molecule has 0 saturated carbocycles. The molecular weight excluding hydrogens is 391 g/mol. The number of halogens is 2. The summed E-state index contributed by atoms with van der Waals surface area (Å²) in [5, 5.41) is 32.9. The van der Waals surface area contributed by atoms with Crippen LogP contribution < -0.4 is 5.73 Å². The molecule has 0 aliphatic carbocycles. The van der Waals surface area contributed by atoms with Crippen LogP contribution >= 0.6 is 11.6 Å². The van der Waals surface area contributed by atoms with Gasteiger partial charge >= 0.3 is 0 Å². The largest absolute Gasteiger partial charge is 0.386 e. The topological polar surface area (TPSA) is 127 Å². The molecule has 0 spiro atoms. The molecule has 3 heterocycles. The zero-order valence-electron chi connectivity index (χ0n) is 14.7. The van der Waals surface area contributed by atoms with E-state index in [2.05, 4.69) is 9.97 Å². The van der Waals surface area contributed by atoms with Crippen molar-refractivity contribution in [3.63, 3.8) is 0 Å². The molecular formula is C18H18ClFN4O4. The van der Waals surface area contributed by atoms with Crippen molar-refractivity contribution in [1.82, 2.24) is 14.5 Å². The first-order valence-corrected chi connectivity index (χ1v) is 8.85. The van der Waals surface area contributed by atoms with Crippen LogP contribution in [0.1, 0.15) is 24.8 Å². The Hall–Kier alpha value is -2.30. The van der Waals surface area contributed by atoms with Gasteiger partial charge in [0.1, 0.15) is 47.5 Å². The van der Waals surface area contributed by atoms with Crippen LogP contribution in [0.25, 0.3) is 11.0 Å². The number of aliphatic hydroxyl groups is 3. The second-order valence-electron chi connectivity index (χ2n) is 6.98. The summed E-state index contributed by atoms with van der Waals surface area (Å²) in [4.78, 5) is 8.06. The van der Waals surface area contributed by atoms with Gasteiger partial charge in [0.2, 0.25) is 0 Å². The van der Waals surface area contributed by atoms with Gasteiger partial charge in [-0.1, -0.05) is 11.6 Å². The van der Waals surface area contributed by atoms with E-state index in [4.69, 9.17) is 22.1 Å². The highest BCUT2D eigenvalue weighted by Crippen LogP contribution is 2.43. The Morgan fingerprint density at radius 2 is 2.11 bits per heavy atom. The third-order valence-electron chi connectivity index (χ3n) is 5.06. The number of rotatable bonds is 3. The predicted octanol–water partition coefficient (Wildman–Crippen LogP) is 1.55. The van der Waals surface area contributed by atoms with Gasteiger partial charge in [-0.3, -0.25) is 0 Å².